The van der Waals surface area contributed by atoms with Gasteiger partial charge >= 0.3 is 11.9 Å². The van der Waals surface area contributed by atoms with Gasteiger partial charge in [-0.2, -0.15) is 0 Å². The van der Waals surface area contributed by atoms with E-state index in [4.69, 9.17) is 13.9 Å². The summed E-state index contributed by atoms with van der Waals surface area (Å²) in [5, 5.41) is 0. The van der Waals surface area contributed by atoms with Crippen molar-refractivity contribution >= 4 is 17.7 Å². The van der Waals surface area contributed by atoms with Crippen LogP contribution in [0.15, 0.2) is 53.1 Å². The molecule has 2 aromatic heterocycles. The molecule has 0 spiro atoms. The van der Waals surface area contributed by atoms with Gasteiger partial charge in [-0.15, -0.1) is 0 Å². The van der Waals surface area contributed by atoms with E-state index in [0.29, 0.717) is 16.8 Å². The van der Waals surface area contributed by atoms with Crippen molar-refractivity contribution in [1.29, 1.82) is 0 Å². The molecule has 144 valence electrons. The summed E-state index contributed by atoms with van der Waals surface area (Å²) in [5.41, 5.74) is 3.25. The van der Waals surface area contributed by atoms with Crippen LogP contribution in [-0.2, 0) is 9.47 Å². The number of esters is 2. The molecule has 28 heavy (non-hydrogen) atoms. The van der Waals surface area contributed by atoms with E-state index in [1.54, 1.807) is 36.4 Å². The molecule has 0 saturated heterocycles. The van der Waals surface area contributed by atoms with Gasteiger partial charge in [0.15, 0.2) is 6.61 Å². The number of furan rings is 1. The highest BCUT2D eigenvalue weighted by molar-refractivity contribution is 6.00. The molecule has 0 aliphatic heterocycles. The first kappa shape index (κ1) is 19.2. The van der Waals surface area contributed by atoms with E-state index in [2.05, 4.69) is 0 Å². The fourth-order valence-corrected chi connectivity index (χ4v) is 2.98. The number of methoxy groups -OCH3 is 1. The van der Waals surface area contributed by atoms with Gasteiger partial charge in [0.1, 0.15) is 0 Å². The number of benzene rings is 1. The molecule has 0 fully saturated rings. The molecule has 7 nitrogen and oxygen atoms in total. The fraction of sp³-hybridized carbons (Fsp3) is 0.190. The van der Waals surface area contributed by atoms with Crippen LogP contribution >= 0.6 is 0 Å². The molecule has 1 aromatic carbocycles. The van der Waals surface area contributed by atoms with Crippen molar-refractivity contribution in [2.45, 2.75) is 13.8 Å². The van der Waals surface area contributed by atoms with Crippen molar-refractivity contribution in [3.05, 3.63) is 77.0 Å². The predicted molar refractivity (Wildman–Crippen MR) is 99.9 cm³/mol. The molecule has 0 saturated carbocycles. The quantitative estimate of drug-likeness (QED) is 0.480. The van der Waals surface area contributed by atoms with E-state index in [1.807, 2.05) is 18.4 Å². The summed E-state index contributed by atoms with van der Waals surface area (Å²) >= 11 is 0. The second-order valence-electron chi connectivity index (χ2n) is 6.14. The maximum absolute atomic E-state index is 12.5. The molecular formula is C21H19NO6. The van der Waals surface area contributed by atoms with Crippen molar-refractivity contribution in [1.82, 2.24) is 4.57 Å². The van der Waals surface area contributed by atoms with Crippen LogP contribution in [0, 0.1) is 13.8 Å². The Morgan fingerprint density at radius 2 is 1.75 bits per heavy atom. The lowest BCUT2D eigenvalue weighted by Gasteiger charge is -2.10. The molecular weight excluding hydrogens is 362 g/mol. The minimum absolute atomic E-state index is 0.0453. The van der Waals surface area contributed by atoms with Crippen LogP contribution in [0.3, 0.4) is 0 Å². The monoisotopic (exact) mass is 381 g/mol. The zero-order valence-electron chi connectivity index (χ0n) is 15.7. The number of hydrogen-bond acceptors (Lipinski definition) is 6. The lowest BCUT2D eigenvalue weighted by atomic mass is 10.1. The van der Waals surface area contributed by atoms with E-state index in [0.717, 1.165) is 11.4 Å². The minimum atomic E-state index is -0.689. The third-order valence-electron chi connectivity index (χ3n) is 4.33. The van der Waals surface area contributed by atoms with Gasteiger partial charge in [-0.1, -0.05) is 0 Å². The number of ether oxygens (including phenoxy) is 2. The zero-order valence-corrected chi connectivity index (χ0v) is 15.7. The number of Topliss-reactive ketones (excluding diaryl/α,β-unsaturated/α-hetero) is 1. The van der Waals surface area contributed by atoms with E-state index < -0.39 is 11.9 Å². The number of aryl methyl sites for hydroxylation is 1. The lowest BCUT2D eigenvalue weighted by molar-refractivity contribution is 0.0443. The van der Waals surface area contributed by atoms with Gasteiger partial charge in [-0.05, 0) is 56.3 Å². The van der Waals surface area contributed by atoms with Crippen molar-refractivity contribution in [3.63, 3.8) is 0 Å². The van der Waals surface area contributed by atoms with Gasteiger partial charge in [0.2, 0.25) is 11.5 Å². The molecule has 0 amide bonds. The van der Waals surface area contributed by atoms with E-state index in [-0.39, 0.29) is 18.2 Å². The van der Waals surface area contributed by atoms with Gasteiger partial charge in [-0.25, -0.2) is 9.59 Å². The Morgan fingerprint density at radius 1 is 1.04 bits per heavy atom. The summed E-state index contributed by atoms with van der Waals surface area (Å²) < 4.78 is 16.6. The number of aromatic nitrogens is 1. The predicted octanol–water partition coefficient (Wildman–Crippen LogP) is 3.51. The summed E-state index contributed by atoms with van der Waals surface area (Å²) in [4.78, 5) is 35.9. The van der Waals surface area contributed by atoms with Gasteiger partial charge in [0.05, 0.1) is 18.9 Å². The average molecular weight is 381 g/mol. The first-order chi connectivity index (χ1) is 13.4. The first-order valence-electron chi connectivity index (χ1n) is 8.54. The van der Waals surface area contributed by atoms with Gasteiger partial charge < -0.3 is 18.5 Å². The smallest absolute Gasteiger partial charge is 0.374 e. The fourth-order valence-electron chi connectivity index (χ4n) is 2.98. The van der Waals surface area contributed by atoms with Crippen LogP contribution in [0.5, 0.6) is 0 Å². The van der Waals surface area contributed by atoms with Gasteiger partial charge in [0, 0.05) is 22.6 Å². The number of nitrogens with zero attached hydrogens (tertiary/aromatic N) is 1. The normalized spacial score (nSPS) is 10.5. The van der Waals surface area contributed by atoms with Crippen LogP contribution in [0.2, 0.25) is 0 Å². The second-order valence-corrected chi connectivity index (χ2v) is 6.14. The standard InChI is InChI=1S/C21H19NO6/c1-13-11-17(18(23)12-28-21(25)19-5-4-10-27-19)14(2)22(13)16-8-6-15(7-9-16)20(24)26-3/h4-11H,12H2,1-3H3. The molecule has 0 aliphatic carbocycles. The Balaban J connectivity index is 1.78. The molecule has 3 rings (SSSR count). The molecule has 0 atom stereocenters. The van der Waals surface area contributed by atoms with Crippen molar-refractivity contribution in [3.8, 4) is 5.69 Å². The topological polar surface area (TPSA) is 87.7 Å². The van der Waals surface area contributed by atoms with E-state index in [9.17, 15) is 14.4 Å². The van der Waals surface area contributed by atoms with Crippen LogP contribution in [0.4, 0.5) is 0 Å². The first-order valence-corrected chi connectivity index (χ1v) is 8.54. The Kier molecular flexibility index (Phi) is 5.44. The van der Waals surface area contributed by atoms with E-state index in [1.165, 1.54) is 19.4 Å². The van der Waals surface area contributed by atoms with Crippen molar-refractivity contribution in [2.24, 2.45) is 0 Å². The number of carbonyl (C=O) groups is 3. The largest absolute Gasteiger partial charge is 0.465 e. The number of hydrogen-bond donors (Lipinski definition) is 0. The number of carbonyl (C=O) groups excluding carboxylic acids is 3. The van der Waals surface area contributed by atoms with Gasteiger partial charge in [-0.3, -0.25) is 4.79 Å². The van der Waals surface area contributed by atoms with Crippen LogP contribution in [-0.4, -0.2) is 36.0 Å². The highest BCUT2D eigenvalue weighted by Crippen LogP contribution is 2.22. The number of rotatable bonds is 6. The van der Waals surface area contributed by atoms with E-state index >= 15 is 0 Å². The van der Waals surface area contributed by atoms with Crippen LogP contribution in [0.25, 0.3) is 5.69 Å². The molecule has 7 heteroatoms. The molecule has 0 aliphatic rings. The second kappa shape index (κ2) is 7.96. The Morgan fingerprint density at radius 3 is 2.36 bits per heavy atom. The summed E-state index contributed by atoms with van der Waals surface area (Å²) in [5.74, 6) is -1.37. The van der Waals surface area contributed by atoms with Crippen molar-refractivity contribution < 1.29 is 28.3 Å². The third kappa shape index (κ3) is 3.73. The lowest BCUT2D eigenvalue weighted by Crippen LogP contribution is -2.14. The van der Waals surface area contributed by atoms with Gasteiger partial charge in [0.25, 0.3) is 0 Å². The van der Waals surface area contributed by atoms with Crippen LogP contribution in [0.1, 0.15) is 42.7 Å². The molecule has 0 unspecified atom stereocenters. The average Bonchev–Trinajstić information content (AvgIpc) is 3.34. The highest BCUT2D eigenvalue weighted by atomic mass is 16.5. The summed E-state index contributed by atoms with van der Waals surface area (Å²) in [6, 6.07) is 11.6. The number of ketones is 1. The summed E-state index contributed by atoms with van der Waals surface area (Å²) in [6.07, 6.45) is 1.36. The minimum Gasteiger partial charge on any atom is -0.465 e. The highest BCUT2D eigenvalue weighted by Gasteiger charge is 2.19. The molecule has 0 bridgehead atoms. The molecule has 2 heterocycles. The SMILES string of the molecule is COC(=O)c1ccc(-n2c(C)cc(C(=O)COC(=O)c3ccco3)c2C)cc1. The molecule has 3 aromatic rings. The Labute approximate surface area is 161 Å². The zero-order chi connectivity index (χ0) is 20.3. The Bertz CT molecular complexity index is 1010. The maximum Gasteiger partial charge on any atom is 0.374 e. The molecule has 0 radical (unpaired) electrons. The third-order valence-corrected chi connectivity index (χ3v) is 4.33. The summed E-state index contributed by atoms with van der Waals surface area (Å²) in [7, 11) is 1.33. The maximum atomic E-state index is 12.5. The van der Waals surface area contributed by atoms with Crippen molar-refractivity contribution in [2.75, 3.05) is 13.7 Å². The summed E-state index contributed by atoms with van der Waals surface area (Å²) in [6.45, 7) is 3.29. The Hall–Kier alpha value is -3.61. The van der Waals surface area contributed by atoms with Crippen LogP contribution < -0.4 is 0 Å². The molecule has 0 N–H and O–H groups in total.